The molecule has 23 heavy (non-hydrogen) atoms. The third kappa shape index (κ3) is 3.16. The maximum absolute atomic E-state index is 12.8. The Kier molecular flexibility index (Phi) is 4.90. The van der Waals surface area contributed by atoms with Crippen LogP contribution in [0, 0.1) is 12.8 Å². The highest BCUT2D eigenvalue weighted by Gasteiger charge is 2.48. The summed E-state index contributed by atoms with van der Waals surface area (Å²) in [5.74, 6) is 0.00121. The van der Waals surface area contributed by atoms with Gasteiger partial charge >= 0.3 is 6.09 Å². The molecule has 1 aromatic rings. The molecule has 0 bridgehead atoms. The van der Waals surface area contributed by atoms with Gasteiger partial charge in [-0.3, -0.25) is 9.69 Å². The van der Waals surface area contributed by atoms with Gasteiger partial charge in [-0.25, -0.2) is 4.79 Å². The van der Waals surface area contributed by atoms with Crippen LogP contribution in [0.25, 0.3) is 0 Å². The Labute approximate surface area is 146 Å². The standard InChI is InChI=1S/C18H24BrNO3/c1-10(2)9-23-17(22)20-15-11(3)7-13(19)8-14(15)12(4)16(21)18(20,5)6/h7-8,10,12H,9H2,1-6H3. The second-order valence-corrected chi connectivity index (χ2v) is 8.03. The van der Waals surface area contributed by atoms with Gasteiger partial charge < -0.3 is 4.74 Å². The van der Waals surface area contributed by atoms with Crippen LogP contribution in [0.1, 0.15) is 51.7 Å². The Morgan fingerprint density at radius 2 is 2.00 bits per heavy atom. The molecule has 0 N–H and O–H groups in total. The summed E-state index contributed by atoms with van der Waals surface area (Å²) in [4.78, 5) is 27.1. The summed E-state index contributed by atoms with van der Waals surface area (Å²) in [6.07, 6.45) is -0.462. The number of Topliss-reactive ketones (excluding diaryl/α,β-unsaturated/α-hetero) is 1. The molecule has 1 atom stereocenters. The Morgan fingerprint density at radius 1 is 1.39 bits per heavy atom. The van der Waals surface area contributed by atoms with Gasteiger partial charge in [-0.05, 0) is 49.9 Å². The molecule has 1 unspecified atom stereocenters. The molecule has 1 heterocycles. The predicted octanol–water partition coefficient (Wildman–Crippen LogP) is 4.82. The van der Waals surface area contributed by atoms with Gasteiger partial charge in [0.1, 0.15) is 5.54 Å². The van der Waals surface area contributed by atoms with Crippen LogP contribution in [-0.2, 0) is 9.53 Å². The largest absolute Gasteiger partial charge is 0.449 e. The van der Waals surface area contributed by atoms with Crippen molar-refractivity contribution in [3.05, 3.63) is 27.7 Å². The van der Waals surface area contributed by atoms with E-state index in [-0.39, 0.29) is 17.6 Å². The molecule has 2 rings (SSSR count). The first kappa shape index (κ1) is 18.0. The van der Waals surface area contributed by atoms with Crippen molar-refractivity contribution in [3.8, 4) is 0 Å². The molecule has 4 nitrogen and oxygen atoms in total. The molecule has 0 aromatic heterocycles. The molecule has 0 saturated carbocycles. The Balaban J connectivity index is 2.58. The van der Waals surface area contributed by atoms with Crippen molar-refractivity contribution >= 4 is 33.5 Å². The van der Waals surface area contributed by atoms with Crippen LogP contribution < -0.4 is 4.90 Å². The van der Waals surface area contributed by atoms with Crippen molar-refractivity contribution in [2.75, 3.05) is 11.5 Å². The van der Waals surface area contributed by atoms with Crippen molar-refractivity contribution < 1.29 is 14.3 Å². The normalized spacial score (nSPS) is 19.7. The quantitative estimate of drug-likeness (QED) is 0.737. The number of ether oxygens (including phenoxy) is 1. The number of hydrogen-bond donors (Lipinski definition) is 0. The first-order valence-corrected chi connectivity index (χ1v) is 8.68. The van der Waals surface area contributed by atoms with Gasteiger partial charge in [0.2, 0.25) is 0 Å². The maximum Gasteiger partial charge on any atom is 0.415 e. The molecule has 1 aromatic carbocycles. The number of amides is 1. The fraction of sp³-hybridized carbons (Fsp3) is 0.556. The summed E-state index contributed by atoms with van der Waals surface area (Å²) < 4.78 is 6.33. The highest BCUT2D eigenvalue weighted by Crippen LogP contribution is 2.44. The number of nitrogens with zero attached hydrogens (tertiary/aromatic N) is 1. The Bertz CT molecular complexity index is 652. The number of ketones is 1. The molecule has 1 aliphatic rings. The van der Waals surface area contributed by atoms with Crippen molar-refractivity contribution in [2.24, 2.45) is 5.92 Å². The lowest BCUT2D eigenvalue weighted by atomic mass is 9.78. The van der Waals surface area contributed by atoms with Crippen molar-refractivity contribution in [2.45, 2.75) is 53.0 Å². The average Bonchev–Trinajstić information content (AvgIpc) is 2.44. The van der Waals surface area contributed by atoms with Crippen LogP contribution in [0.15, 0.2) is 16.6 Å². The second-order valence-electron chi connectivity index (χ2n) is 7.11. The minimum atomic E-state index is -0.931. The van der Waals surface area contributed by atoms with E-state index in [1.807, 2.05) is 39.8 Å². The lowest BCUT2D eigenvalue weighted by Crippen LogP contribution is -2.58. The lowest BCUT2D eigenvalue weighted by Gasteiger charge is -2.44. The molecular weight excluding hydrogens is 358 g/mol. The summed E-state index contributed by atoms with van der Waals surface area (Å²) in [6.45, 7) is 11.7. The van der Waals surface area contributed by atoms with E-state index in [9.17, 15) is 9.59 Å². The van der Waals surface area contributed by atoms with Gasteiger partial charge in [-0.15, -0.1) is 0 Å². The molecule has 0 radical (unpaired) electrons. The molecule has 0 saturated heterocycles. The van der Waals surface area contributed by atoms with Crippen molar-refractivity contribution in [1.82, 2.24) is 0 Å². The van der Waals surface area contributed by atoms with E-state index < -0.39 is 11.6 Å². The zero-order valence-corrected chi connectivity index (χ0v) is 16.2. The van der Waals surface area contributed by atoms with E-state index in [2.05, 4.69) is 15.9 Å². The Morgan fingerprint density at radius 3 is 2.57 bits per heavy atom. The lowest BCUT2D eigenvalue weighted by molar-refractivity contribution is -0.124. The summed E-state index contributed by atoms with van der Waals surface area (Å²) in [7, 11) is 0. The number of anilines is 1. The van der Waals surface area contributed by atoms with Crippen molar-refractivity contribution in [3.63, 3.8) is 0 Å². The van der Waals surface area contributed by atoms with Crippen LogP contribution in [0.4, 0.5) is 10.5 Å². The van der Waals surface area contributed by atoms with Crippen molar-refractivity contribution in [1.29, 1.82) is 0 Å². The van der Waals surface area contributed by atoms with E-state index in [4.69, 9.17) is 4.74 Å². The number of carbonyl (C=O) groups is 2. The molecule has 1 aliphatic heterocycles. The highest BCUT2D eigenvalue weighted by molar-refractivity contribution is 9.10. The number of aryl methyl sites for hydroxylation is 1. The van der Waals surface area contributed by atoms with Gasteiger partial charge in [-0.2, -0.15) is 0 Å². The maximum atomic E-state index is 12.8. The third-order valence-corrected chi connectivity index (χ3v) is 4.72. The Hall–Kier alpha value is -1.36. The van der Waals surface area contributed by atoms with Crippen LogP contribution >= 0.6 is 15.9 Å². The van der Waals surface area contributed by atoms with Gasteiger partial charge in [0.25, 0.3) is 0 Å². The minimum Gasteiger partial charge on any atom is -0.449 e. The topological polar surface area (TPSA) is 46.6 Å². The van der Waals surface area contributed by atoms with Crippen LogP contribution in [-0.4, -0.2) is 24.0 Å². The van der Waals surface area contributed by atoms with Gasteiger partial charge in [0.15, 0.2) is 5.78 Å². The first-order valence-electron chi connectivity index (χ1n) is 7.88. The van der Waals surface area contributed by atoms with Gasteiger partial charge in [-0.1, -0.05) is 36.7 Å². The van der Waals surface area contributed by atoms with E-state index in [1.165, 1.54) is 4.90 Å². The molecule has 5 heteroatoms. The van der Waals surface area contributed by atoms with Gasteiger partial charge in [0, 0.05) is 10.4 Å². The molecule has 0 aliphatic carbocycles. The molecule has 0 spiro atoms. The monoisotopic (exact) mass is 381 g/mol. The average molecular weight is 382 g/mol. The SMILES string of the molecule is Cc1cc(Br)cc2c1N(C(=O)OCC(C)C)C(C)(C)C(=O)C2C. The van der Waals surface area contributed by atoms with E-state index in [0.29, 0.717) is 6.61 Å². The van der Waals surface area contributed by atoms with E-state index >= 15 is 0 Å². The second kappa shape index (κ2) is 6.27. The summed E-state index contributed by atoms with van der Waals surface area (Å²) in [5, 5.41) is 0. The number of carbonyl (C=O) groups excluding carboxylic acids is 2. The minimum absolute atomic E-state index is 0.0176. The summed E-state index contributed by atoms with van der Waals surface area (Å²) in [5.41, 5.74) is 1.67. The zero-order valence-electron chi connectivity index (χ0n) is 14.6. The molecular formula is C18H24BrNO3. The third-order valence-electron chi connectivity index (χ3n) is 4.26. The fourth-order valence-corrected chi connectivity index (χ4v) is 3.67. The van der Waals surface area contributed by atoms with Gasteiger partial charge in [0.05, 0.1) is 12.3 Å². The molecule has 0 fully saturated rings. The zero-order chi connectivity index (χ0) is 17.5. The number of rotatable bonds is 2. The number of benzene rings is 1. The number of halogens is 1. The van der Waals surface area contributed by atoms with Crippen LogP contribution in [0.3, 0.4) is 0 Å². The smallest absolute Gasteiger partial charge is 0.415 e. The van der Waals surface area contributed by atoms with E-state index in [1.54, 1.807) is 13.8 Å². The number of hydrogen-bond acceptors (Lipinski definition) is 3. The molecule has 1 amide bonds. The first-order chi connectivity index (χ1) is 10.6. The highest BCUT2D eigenvalue weighted by atomic mass is 79.9. The predicted molar refractivity (Wildman–Crippen MR) is 95.0 cm³/mol. The number of fused-ring (bicyclic) bond motifs is 1. The summed E-state index contributed by atoms with van der Waals surface area (Å²) >= 11 is 3.48. The van der Waals surface area contributed by atoms with Crippen LogP contribution in [0.2, 0.25) is 0 Å². The summed E-state index contributed by atoms with van der Waals surface area (Å²) in [6, 6.07) is 3.88. The van der Waals surface area contributed by atoms with Crippen LogP contribution in [0.5, 0.6) is 0 Å². The fourth-order valence-electron chi connectivity index (χ4n) is 3.08. The molecule has 126 valence electrons. The van der Waals surface area contributed by atoms with E-state index in [0.717, 1.165) is 21.3 Å².